The number of nitrogens with two attached hydrogens (primary N) is 1. The Morgan fingerprint density at radius 3 is 2.71 bits per heavy atom. The van der Waals surface area contributed by atoms with Gasteiger partial charge in [-0.3, -0.25) is 10.1 Å². The average molecular weight is 309 g/mol. The van der Waals surface area contributed by atoms with E-state index in [1.54, 1.807) is 0 Å². The van der Waals surface area contributed by atoms with E-state index >= 15 is 0 Å². The molecule has 0 aliphatic rings. The minimum Gasteiger partial charge on any atom is -0.393 e. The Bertz CT molecular complexity index is 763. The van der Waals surface area contributed by atoms with Crippen molar-refractivity contribution in [3.05, 3.63) is 52.6 Å². The van der Waals surface area contributed by atoms with Gasteiger partial charge in [0.25, 0.3) is 0 Å². The van der Waals surface area contributed by atoms with E-state index in [1.807, 2.05) is 0 Å². The molecular weight excluding hydrogens is 298 g/mol. The van der Waals surface area contributed by atoms with Gasteiger partial charge in [-0.1, -0.05) is 6.07 Å². The molecule has 0 saturated carbocycles. The van der Waals surface area contributed by atoms with E-state index in [0.29, 0.717) is 5.69 Å². The van der Waals surface area contributed by atoms with Crippen molar-refractivity contribution in [1.29, 1.82) is 0 Å². The zero-order valence-electron chi connectivity index (χ0n) is 10.6. The number of anilines is 1. The average Bonchev–Trinajstić information content (AvgIpc) is 2.46. The van der Waals surface area contributed by atoms with Crippen molar-refractivity contribution in [2.45, 2.75) is 11.4 Å². The van der Waals surface area contributed by atoms with E-state index < -0.39 is 25.5 Å². The van der Waals surface area contributed by atoms with Crippen LogP contribution < -0.4 is 10.5 Å². The molecule has 10 heteroatoms. The zero-order valence-corrected chi connectivity index (χ0v) is 11.4. The van der Waals surface area contributed by atoms with E-state index in [9.17, 15) is 18.5 Å². The van der Waals surface area contributed by atoms with E-state index in [4.69, 9.17) is 5.73 Å². The van der Waals surface area contributed by atoms with Crippen molar-refractivity contribution < 1.29 is 13.3 Å². The van der Waals surface area contributed by atoms with Gasteiger partial charge in [0.15, 0.2) is 4.90 Å². The fraction of sp³-hybridized carbons (Fsp3) is 0.0909. The van der Waals surface area contributed by atoms with Gasteiger partial charge in [-0.25, -0.2) is 23.1 Å². The van der Waals surface area contributed by atoms with Crippen LogP contribution in [0.4, 0.5) is 11.4 Å². The maximum atomic E-state index is 12.2. The molecule has 0 unspecified atom stereocenters. The third kappa shape index (κ3) is 3.30. The normalized spacial score (nSPS) is 11.2. The maximum absolute atomic E-state index is 12.2. The Morgan fingerprint density at radius 1 is 1.33 bits per heavy atom. The number of hydrogen-bond acceptors (Lipinski definition) is 7. The fourth-order valence-electron chi connectivity index (χ4n) is 1.62. The largest absolute Gasteiger partial charge is 0.393 e. The van der Waals surface area contributed by atoms with Crippen LogP contribution in [-0.4, -0.2) is 23.3 Å². The number of para-hydroxylation sites is 1. The second-order valence-electron chi connectivity index (χ2n) is 3.98. The molecule has 0 aliphatic carbocycles. The number of nitrogens with one attached hydrogen (secondary N) is 1. The molecule has 1 heterocycles. The van der Waals surface area contributed by atoms with Gasteiger partial charge in [0, 0.05) is 6.20 Å². The Kier molecular flexibility index (Phi) is 4.10. The first-order valence-electron chi connectivity index (χ1n) is 5.69. The van der Waals surface area contributed by atoms with Crippen LogP contribution in [0.2, 0.25) is 0 Å². The molecule has 1 aromatic heterocycles. The summed E-state index contributed by atoms with van der Waals surface area (Å²) < 4.78 is 26.6. The third-order valence-corrected chi connectivity index (χ3v) is 4.02. The molecule has 1 aromatic carbocycles. The van der Waals surface area contributed by atoms with Gasteiger partial charge < -0.3 is 5.73 Å². The molecule has 2 aromatic rings. The van der Waals surface area contributed by atoms with Gasteiger partial charge in [-0.2, -0.15) is 0 Å². The highest BCUT2D eigenvalue weighted by molar-refractivity contribution is 7.89. The van der Waals surface area contributed by atoms with Crippen LogP contribution in [0, 0.1) is 10.1 Å². The van der Waals surface area contributed by atoms with Crippen LogP contribution in [0.3, 0.4) is 0 Å². The lowest BCUT2D eigenvalue weighted by Crippen LogP contribution is -2.24. The summed E-state index contributed by atoms with van der Waals surface area (Å²) in [5.74, 6) is 0. The molecule has 0 atom stereocenters. The Morgan fingerprint density at radius 2 is 2.10 bits per heavy atom. The Balaban J connectivity index is 2.32. The summed E-state index contributed by atoms with van der Waals surface area (Å²) in [5, 5.41) is 11.0. The van der Waals surface area contributed by atoms with Crippen LogP contribution >= 0.6 is 0 Å². The van der Waals surface area contributed by atoms with E-state index in [2.05, 4.69) is 14.7 Å². The summed E-state index contributed by atoms with van der Waals surface area (Å²) in [6.45, 7) is -0.114. The Labute approximate surface area is 120 Å². The highest BCUT2D eigenvalue weighted by atomic mass is 32.2. The van der Waals surface area contributed by atoms with E-state index in [-0.39, 0.29) is 12.2 Å². The van der Waals surface area contributed by atoms with Crippen LogP contribution in [0.5, 0.6) is 0 Å². The number of benzene rings is 1. The first kappa shape index (κ1) is 14.8. The topological polar surface area (TPSA) is 141 Å². The van der Waals surface area contributed by atoms with Crippen molar-refractivity contribution in [2.75, 3.05) is 5.73 Å². The molecule has 9 nitrogen and oxygen atoms in total. The van der Waals surface area contributed by atoms with Gasteiger partial charge in [-0.05, 0) is 18.2 Å². The minimum atomic E-state index is -4.09. The van der Waals surface area contributed by atoms with Crippen molar-refractivity contribution >= 4 is 21.4 Å². The van der Waals surface area contributed by atoms with Crippen LogP contribution in [0.15, 0.2) is 41.7 Å². The second-order valence-corrected chi connectivity index (χ2v) is 5.71. The van der Waals surface area contributed by atoms with Crippen molar-refractivity contribution in [3.63, 3.8) is 0 Å². The molecule has 0 fully saturated rings. The smallest absolute Gasteiger partial charge is 0.312 e. The molecule has 0 aliphatic heterocycles. The molecule has 110 valence electrons. The summed E-state index contributed by atoms with van der Waals surface area (Å²) in [4.78, 5) is 17.2. The lowest BCUT2D eigenvalue weighted by molar-refractivity contribution is -0.386. The third-order valence-electron chi connectivity index (χ3n) is 2.59. The molecule has 0 amide bonds. The van der Waals surface area contributed by atoms with Gasteiger partial charge in [0.1, 0.15) is 12.0 Å². The zero-order chi connectivity index (χ0) is 15.5. The molecule has 3 N–H and O–H groups in total. The maximum Gasteiger partial charge on any atom is 0.312 e. The number of hydrogen-bond donors (Lipinski definition) is 2. The highest BCUT2D eigenvalue weighted by Gasteiger charge is 2.27. The number of aromatic nitrogens is 2. The number of nitro groups is 1. The van der Waals surface area contributed by atoms with Crippen LogP contribution in [0.25, 0.3) is 0 Å². The second kappa shape index (κ2) is 5.81. The summed E-state index contributed by atoms with van der Waals surface area (Å²) in [6, 6.07) is 5.25. The fourth-order valence-corrected chi connectivity index (χ4v) is 2.82. The lowest BCUT2D eigenvalue weighted by atomic mass is 10.3. The quantitative estimate of drug-likeness (QED) is 0.464. The van der Waals surface area contributed by atoms with Crippen LogP contribution in [-0.2, 0) is 16.6 Å². The van der Waals surface area contributed by atoms with Crippen LogP contribution in [0.1, 0.15) is 5.69 Å². The Hall–Kier alpha value is -2.59. The molecule has 0 bridgehead atoms. The predicted molar refractivity (Wildman–Crippen MR) is 73.6 cm³/mol. The molecular formula is C11H11N5O4S. The van der Waals surface area contributed by atoms with Gasteiger partial charge >= 0.3 is 5.69 Å². The van der Waals surface area contributed by atoms with E-state index in [1.165, 1.54) is 30.7 Å². The van der Waals surface area contributed by atoms with Crippen molar-refractivity contribution in [2.24, 2.45) is 0 Å². The molecule has 2 rings (SSSR count). The van der Waals surface area contributed by atoms with Gasteiger partial charge in [-0.15, -0.1) is 0 Å². The SMILES string of the molecule is Nc1cccc(S(=O)(=O)NCc2ccncn2)c1[N+](=O)[O-]. The first-order valence-corrected chi connectivity index (χ1v) is 7.17. The first-order chi connectivity index (χ1) is 9.92. The standard InChI is InChI=1S/C11H11N5O4S/c12-9-2-1-3-10(11(9)16(17)18)21(19,20)15-6-8-4-5-13-7-14-8/h1-5,7,15H,6,12H2. The summed E-state index contributed by atoms with van der Waals surface area (Å²) in [7, 11) is -4.09. The number of nitrogens with zero attached hydrogens (tertiary/aromatic N) is 3. The van der Waals surface area contributed by atoms with E-state index in [0.717, 1.165) is 6.07 Å². The molecule has 0 spiro atoms. The summed E-state index contributed by atoms with van der Waals surface area (Å²) in [5.41, 5.74) is 5.04. The summed E-state index contributed by atoms with van der Waals surface area (Å²) in [6.07, 6.45) is 2.73. The predicted octanol–water partition coefficient (Wildman–Crippen LogP) is 0.446. The number of sulfonamides is 1. The highest BCUT2D eigenvalue weighted by Crippen LogP contribution is 2.29. The lowest BCUT2D eigenvalue weighted by Gasteiger charge is -2.08. The molecule has 0 radical (unpaired) electrons. The number of nitrogen functional groups attached to an aromatic ring is 1. The van der Waals surface area contributed by atoms with Gasteiger partial charge in [0.2, 0.25) is 10.0 Å². The number of rotatable bonds is 5. The van der Waals surface area contributed by atoms with Crippen molar-refractivity contribution in [1.82, 2.24) is 14.7 Å². The molecule has 0 saturated heterocycles. The number of nitro benzene ring substituents is 1. The van der Waals surface area contributed by atoms with Crippen molar-refractivity contribution in [3.8, 4) is 0 Å². The summed E-state index contributed by atoms with van der Waals surface area (Å²) >= 11 is 0. The monoisotopic (exact) mass is 309 g/mol. The minimum absolute atomic E-state index is 0.114. The van der Waals surface area contributed by atoms with Gasteiger partial charge in [0.05, 0.1) is 17.2 Å². The molecule has 21 heavy (non-hydrogen) atoms.